The smallest absolute Gasteiger partial charge is 0.416 e. The number of rotatable bonds is 3. The Morgan fingerprint density at radius 2 is 1.86 bits per heavy atom. The van der Waals surface area contributed by atoms with Crippen LogP contribution >= 0.6 is 23.2 Å². The SMILES string of the molecule is COc1cn(-c2c(Cl)cc(C(F)(F)F)cc2Cl)nc1CO. The van der Waals surface area contributed by atoms with Crippen LogP contribution in [0.3, 0.4) is 0 Å². The molecule has 1 N–H and O–H groups in total. The molecule has 0 saturated heterocycles. The van der Waals surface area contributed by atoms with Crippen LogP contribution in [0.4, 0.5) is 13.2 Å². The van der Waals surface area contributed by atoms with E-state index in [-0.39, 0.29) is 27.2 Å². The first kappa shape index (κ1) is 15.9. The highest BCUT2D eigenvalue weighted by atomic mass is 35.5. The van der Waals surface area contributed by atoms with Gasteiger partial charge in [0.15, 0.2) is 5.75 Å². The molecule has 9 heteroatoms. The average Bonchev–Trinajstić information content (AvgIpc) is 2.79. The summed E-state index contributed by atoms with van der Waals surface area (Å²) in [5.74, 6) is 0.268. The minimum Gasteiger partial charge on any atom is -0.493 e. The molecule has 0 amide bonds. The zero-order valence-electron chi connectivity index (χ0n) is 10.6. The molecule has 2 aromatic rings. The van der Waals surface area contributed by atoms with Crippen molar-refractivity contribution in [3.05, 3.63) is 39.6 Å². The molecular weight excluding hydrogens is 332 g/mol. The summed E-state index contributed by atoms with van der Waals surface area (Å²) < 4.78 is 44.1. The van der Waals surface area contributed by atoms with Gasteiger partial charge in [0.1, 0.15) is 11.4 Å². The average molecular weight is 341 g/mol. The quantitative estimate of drug-likeness (QED) is 0.926. The highest BCUT2D eigenvalue weighted by Gasteiger charge is 2.32. The number of aliphatic hydroxyl groups excluding tert-OH is 1. The molecule has 0 aliphatic rings. The number of methoxy groups -OCH3 is 1. The molecule has 1 aromatic carbocycles. The molecule has 0 unspecified atom stereocenters. The largest absolute Gasteiger partial charge is 0.493 e. The highest BCUT2D eigenvalue weighted by molar-refractivity contribution is 6.37. The number of benzene rings is 1. The Morgan fingerprint density at radius 1 is 1.29 bits per heavy atom. The van der Waals surface area contributed by atoms with Gasteiger partial charge in [0, 0.05) is 0 Å². The van der Waals surface area contributed by atoms with E-state index in [0.29, 0.717) is 0 Å². The van der Waals surface area contributed by atoms with Crippen LogP contribution in [-0.2, 0) is 12.8 Å². The van der Waals surface area contributed by atoms with E-state index in [4.69, 9.17) is 33.0 Å². The van der Waals surface area contributed by atoms with Crippen molar-refractivity contribution in [2.24, 2.45) is 0 Å². The van der Waals surface area contributed by atoms with Gasteiger partial charge in [-0.2, -0.15) is 18.3 Å². The Morgan fingerprint density at radius 3 is 2.24 bits per heavy atom. The second-order valence-electron chi connectivity index (χ2n) is 4.03. The normalized spacial score (nSPS) is 11.8. The van der Waals surface area contributed by atoms with Crippen molar-refractivity contribution in [3.63, 3.8) is 0 Å². The van der Waals surface area contributed by atoms with Gasteiger partial charge >= 0.3 is 6.18 Å². The van der Waals surface area contributed by atoms with Crippen molar-refractivity contribution >= 4 is 23.2 Å². The predicted molar refractivity (Wildman–Crippen MR) is 71.1 cm³/mol. The zero-order chi connectivity index (χ0) is 15.8. The van der Waals surface area contributed by atoms with Crippen LogP contribution in [0.5, 0.6) is 5.75 Å². The topological polar surface area (TPSA) is 47.3 Å². The summed E-state index contributed by atoms with van der Waals surface area (Å²) in [5, 5.41) is 12.7. The number of nitrogens with zero attached hydrogens (tertiary/aromatic N) is 2. The maximum absolute atomic E-state index is 12.7. The van der Waals surface area contributed by atoms with Crippen LogP contribution in [-0.4, -0.2) is 22.0 Å². The fourth-order valence-corrected chi connectivity index (χ4v) is 2.40. The molecule has 114 valence electrons. The lowest BCUT2D eigenvalue weighted by Crippen LogP contribution is -2.07. The number of hydrogen-bond donors (Lipinski definition) is 1. The summed E-state index contributed by atoms with van der Waals surface area (Å²) in [6, 6.07) is 1.52. The van der Waals surface area contributed by atoms with Gasteiger partial charge in [-0.1, -0.05) is 23.2 Å². The fourth-order valence-electron chi connectivity index (χ4n) is 1.74. The van der Waals surface area contributed by atoms with E-state index in [1.54, 1.807) is 0 Å². The van der Waals surface area contributed by atoms with Crippen LogP contribution in [0.25, 0.3) is 5.69 Å². The van der Waals surface area contributed by atoms with Gasteiger partial charge in [-0.15, -0.1) is 0 Å². The van der Waals surface area contributed by atoms with E-state index in [9.17, 15) is 13.2 Å². The first-order valence-electron chi connectivity index (χ1n) is 5.58. The maximum Gasteiger partial charge on any atom is 0.416 e. The molecule has 1 aromatic heterocycles. The molecule has 2 rings (SSSR count). The van der Waals surface area contributed by atoms with Gasteiger partial charge in [0.05, 0.1) is 35.5 Å². The Balaban J connectivity index is 2.57. The third-order valence-corrected chi connectivity index (χ3v) is 3.27. The molecule has 0 saturated carbocycles. The molecule has 0 fully saturated rings. The first-order valence-corrected chi connectivity index (χ1v) is 6.33. The monoisotopic (exact) mass is 340 g/mol. The molecule has 0 bridgehead atoms. The van der Waals surface area contributed by atoms with Gasteiger partial charge in [-0.05, 0) is 12.1 Å². The van der Waals surface area contributed by atoms with Gasteiger partial charge in [-0.25, -0.2) is 4.68 Å². The molecule has 0 atom stereocenters. The second kappa shape index (κ2) is 5.75. The summed E-state index contributed by atoms with van der Waals surface area (Å²) in [4.78, 5) is 0. The number of alkyl halides is 3. The number of aromatic nitrogens is 2. The second-order valence-corrected chi connectivity index (χ2v) is 4.85. The summed E-state index contributed by atoms with van der Waals surface area (Å²) >= 11 is 11.7. The summed E-state index contributed by atoms with van der Waals surface area (Å²) in [6.07, 6.45) is -3.18. The number of hydrogen-bond acceptors (Lipinski definition) is 3. The molecule has 0 aliphatic heterocycles. The van der Waals surface area contributed by atoms with E-state index >= 15 is 0 Å². The van der Waals surface area contributed by atoms with Crippen molar-refractivity contribution in [3.8, 4) is 11.4 Å². The van der Waals surface area contributed by atoms with Gasteiger partial charge in [0.2, 0.25) is 0 Å². The maximum atomic E-state index is 12.7. The zero-order valence-corrected chi connectivity index (χ0v) is 12.1. The molecule has 0 aliphatic carbocycles. The lowest BCUT2D eigenvalue weighted by atomic mass is 10.2. The summed E-state index contributed by atoms with van der Waals surface area (Å²) in [6.45, 7) is -0.397. The fraction of sp³-hybridized carbons (Fsp3) is 0.250. The van der Waals surface area contributed by atoms with Gasteiger partial charge < -0.3 is 9.84 Å². The lowest BCUT2D eigenvalue weighted by Gasteiger charge is -2.12. The molecule has 1 heterocycles. The minimum atomic E-state index is -4.55. The van der Waals surface area contributed by atoms with Crippen molar-refractivity contribution in [1.29, 1.82) is 0 Å². The Kier molecular flexibility index (Phi) is 4.36. The van der Waals surface area contributed by atoms with Crippen molar-refractivity contribution in [2.45, 2.75) is 12.8 Å². The molecule has 21 heavy (non-hydrogen) atoms. The minimum absolute atomic E-state index is 0.0735. The summed E-state index contributed by atoms with van der Waals surface area (Å²) in [5.41, 5.74) is -0.670. The van der Waals surface area contributed by atoms with Gasteiger partial charge in [-0.3, -0.25) is 0 Å². The Labute approximate surface area is 127 Å². The summed E-state index contributed by atoms with van der Waals surface area (Å²) in [7, 11) is 1.37. The highest BCUT2D eigenvalue weighted by Crippen LogP contribution is 2.37. The van der Waals surface area contributed by atoms with Crippen LogP contribution in [0.1, 0.15) is 11.3 Å². The van der Waals surface area contributed by atoms with Crippen LogP contribution in [0.2, 0.25) is 10.0 Å². The molecule has 0 radical (unpaired) electrons. The van der Waals surface area contributed by atoms with E-state index in [0.717, 1.165) is 16.8 Å². The van der Waals surface area contributed by atoms with Crippen molar-refractivity contribution < 1.29 is 23.0 Å². The first-order chi connectivity index (χ1) is 9.77. The Bertz CT molecular complexity index is 627. The third kappa shape index (κ3) is 3.09. The third-order valence-electron chi connectivity index (χ3n) is 2.70. The van der Waals surface area contributed by atoms with Crippen LogP contribution < -0.4 is 4.74 Å². The lowest BCUT2D eigenvalue weighted by molar-refractivity contribution is -0.137. The Hall–Kier alpha value is -1.44. The molecular formula is C12H9Cl2F3N2O2. The standard InChI is InChI=1S/C12H9Cl2F3N2O2/c1-21-10-4-19(18-9(10)5-20)11-7(13)2-6(3-8(11)14)12(15,16)17/h2-4,20H,5H2,1H3. The van der Waals surface area contributed by atoms with Gasteiger partial charge in [0.25, 0.3) is 0 Å². The van der Waals surface area contributed by atoms with E-state index in [1.165, 1.54) is 13.3 Å². The van der Waals surface area contributed by atoms with E-state index in [2.05, 4.69) is 5.10 Å². The number of aliphatic hydroxyl groups is 1. The van der Waals surface area contributed by atoms with E-state index in [1.807, 2.05) is 0 Å². The molecule has 0 spiro atoms. The van der Waals surface area contributed by atoms with E-state index < -0.39 is 18.3 Å². The van der Waals surface area contributed by atoms with Crippen LogP contribution in [0, 0.1) is 0 Å². The van der Waals surface area contributed by atoms with Crippen LogP contribution in [0.15, 0.2) is 18.3 Å². The number of halogens is 5. The van der Waals surface area contributed by atoms with Crippen molar-refractivity contribution in [1.82, 2.24) is 9.78 Å². The number of ether oxygens (including phenoxy) is 1. The van der Waals surface area contributed by atoms with Crippen molar-refractivity contribution in [2.75, 3.05) is 7.11 Å². The predicted octanol–water partition coefficient (Wildman–Crippen LogP) is 3.70. The molecule has 4 nitrogen and oxygen atoms in total.